The van der Waals surface area contributed by atoms with Crippen molar-refractivity contribution >= 4 is 23.9 Å². The molecule has 32 heavy (non-hydrogen) atoms. The Morgan fingerprint density at radius 2 is 0.844 bits per heavy atom. The molecule has 0 aliphatic rings. The quantitative estimate of drug-likeness (QED) is 0.327. The standard InChI is InChI=1S/C24H26O8/c1-15(25)29-21-11-9-19(13-23(21)31-17(3)27)7-5-6-8-20-10-12-22(30-16(2)26)24(14-20)32-18(4)28/h9-14H,5-8H2,1-4H3. The van der Waals surface area contributed by atoms with Crippen LogP contribution in [0, 0.1) is 0 Å². The molecule has 0 heterocycles. The number of unbranched alkanes of at least 4 members (excludes halogenated alkanes) is 1. The van der Waals surface area contributed by atoms with Crippen LogP contribution in [-0.4, -0.2) is 23.9 Å². The number of benzene rings is 2. The van der Waals surface area contributed by atoms with Gasteiger partial charge in [-0.1, -0.05) is 12.1 Å². The van der Waals surface area contributed by atoms with E-state index in [2.05, 4.69) is 0 Å². The first kappa shape index (κ1) is 24.6. The second-order valence-electron chi connectivity index (χ2n) is 7.14. The van der Waals surface area contributed by atoms with Crippen LogP contribution in [0.2, 0.25) is 0 Å². The van der Waals surface area contributed by atoms with Gasteiger partial charge in [-0.15, -0.1) is 0 Å². The lowest BCUT2D eigenvalue weighted by atomic mass is 10.0. The van der Waals surface area contributed by atoms with E-state index in [-0.39, 0.29) is 23.0 Å². The van der Waals surface area contributed by atoms with Gasteiger partial charge in [-0.25, -0.2) is 0 Å². The minimum atomic E-state index is -0.503. The van der Waals surface area contributed by atoms with Crippen LogP contribution < -0.4 is 18.9 Å². The van der Waals surface area contributed by atoms with E-state index in [9.17, 15) is 19.2 Å². The fraction of sp³-hybridized carbons (Fsp3) is 0.333. The summed E-state index contributed by atoms with van der Waals surface area (Å²) in [6.07, 6.45) is 3.11. The first-order chi connectivity index (χ1) is 15.1. The molecule has 0 spiro atoms. The average molecular weight is 442 g/mol. The normalized spacial score (nSPS) is 10.2. The van der Waals surface area contributed by atoms with E-state index in [1.807, 2.05) is 12.1 Å². The van der Waals surface area contributed by atoms with Crippen LogP contribution in [0.5, 0.6) is 23.0 Å². The molecule has 2 aromatic carbocycles. The zero-order valence-electron chi connectivity index (χ0n) is 18.6. The third-order valence-electron chi connectivity index (χ3n) is 4.21. The highest BCUT2D eigenvalue weighted by molar-refractivity contribution is 5.74. The molecule has 2 rings (SSSR count). The molecule has 0 aliphatic heterocycles. The molecule has 0 amide bonds. The molecular weight excluding hydrogens is 416 g/mol. The van der Waals surface area contributed by atoms with Gasteiger partial charge in [0.05, 0.1) is 0 Å². The maximum absolute atomic E-state index is 11.3. The van der Waals surface area contributed by atoms with Crippen molar-refractivity contribution in [1.82, 2.24) is 0 Å². The number of ether oxygens (including phenoxy) is 4. The summed E-state index contributed by atoms with van der Waals surface area (Å²) in [4.78, 5) is 45.1. The molecule has 0 aromatic heterocycles. The molecular formula is C24H26O8. The van der Waals surface area contributed by atoms with E-state index in [1.165, 1.54) is 27.7 Å². The third-order valence-corrected chi connectivity index (χ3v) is 4.21. The minimum absolute atomic E-state index is 0.197. The van der Waals surface area contributed by atoms with E-state index in [0.717, 1.165) is 36.8 Å². The zero-order chi connectivity index (χ0) is 23.7. The van der Waals surface area contributed by atoms with Crippen LogP contribution in [-0.2, 0) is 32.0 Å². The van der Waals surface area contributed by atoms with E-state index < -0.39 is 23.9 Å². The summed E-state index contributed by atoms with van der Waals surface area (Å²) < 4.78 is 20.5. The molecule has 0 N–H and O–H groups in total. The van der Waals surface area contributed by atoms with Crippen molar-refractivity contribution in [2.24, 2.45) is 0 Å². The molecule has 0 radical (unpaired) electrons. The Morgan fingerprint density at radius 3 is 1.16 bits per heavy atom. The third kappa shape index (κ3) is 8.22. The Labute approximate surface area is 186 Å². The summed E-state index contributed by atoms with van der Waals surface area (Å²) in [5, 5.41) is 0. The van der Waals surface area contributed by atoms with Gasteiger partial charge in [0, 0.05) is 27.7 Å². The van der Waals surface area contributed by atoms with Gasteiger partial charge in [-0.05, 0) is 61.1 Å². The van der Waals surface area contributed by atoms with Crippen molar-refractivity contribution in [3.05, 3.63) is 47.5 Å². The molecule has 0 atom stereocenters. The van der Waals surface area contributed by atoms with Crippen molar-refractivity contribution < 1.29 is 38.1 Å². The predicted molar refractivity (Wildman–Crippen MR) is 115 cm³/mol. The van der Waals surface area contributed by atoms with Gasteiger partial charge in [0.2, 0.25) is 0 Å². The van der Waals surface area contributed by atoms with Crippen LogP contribution in [0.3, 0.4) is 0 Å². The molecule has 0 aliphatic carbocycles. The Morgan fingerprint density at radius 1 is 0.531 bits per heavy atom. The highest BCUT2D eigenvalue weighted by Gasteiger charge is 2.13. The van der Waals surface area contributed by atoms with Gasteiger partial charge in [-0.2, -0.15) is 0 Å². The number of rotatable bonds is 9. The van der Waals surface area contributed by atoms with Gasteiger partial charge < -0.3 is 18.9 Å². The molecule has 0 fully saturated rings. The predicted octanol–water partition coefficient (Wildman–Crippen LogP) is 3.95. The van der Waals surface area contributed by atoms with Gasteiger partial charge >= 0.3 is 23.9 Å². The first-order valence-corrected chi connectivity index (χ1v) is 10.1. The average Bonchev–Trinajstić information content (AvgIpc) is 2.67. The fourth-order valence-corrected chi connectivity index (χ4v) is 3.02. The summed E-state index contributed by atoms with van der Waals surface area (Å²) in [6, 6.07) is 10.2. The molecule has 8 heteroatoms. The maximum Gasteiger partial charge on any atom is 0.308 e. The van der Waals surface area contributed by atoms with Crippen molar-refractivity contribution in [3.63, 3.8) is 0 Å². The summed E-state index contributed by atoms with van der Waals surface area (Å²) in [5.74, 6) is -1.20. The van der Waals surface area contributed by atoms with Crippen molar-refractivity contribution in [2.45, 2.75) is 53.4 Å². The van der Waals surface area contributed by atoms with Gasteiger partial charge in [0.15, 0.2) is 23.0 Å². The van der Waals surface area contributed by atoms with Gasteiger partial charge in [0.25, 0.3) is 0 Å². The topological polar surface area (TPSA) is 105 Å². The Balaban J connectivity index is 2.00. The van der Waals surface area contributed by atoms with E-state index in [4.69, 9.17) is 18.9 Å². The highest BCUT2D eigenvalue weighted by atomic mass is 16.6. The number of carbonyl (C=O) groups excluding carboxylic acids is 4. The lowest BCUT2D eigenvalue weighted by molar-refractivity contribution is -0.134. The van der Waals surface area contributed by atoms with E-state index in [1.54, 1.807) is 24.3 Å². The molecule has 0 saturated heterocycles. The molecule has 170 valence electrons. The maximum atomic E-state index is 11.3. The summed E-state index contributed by atoms with van der Waals surface area (Å²) in [5.41, 5.74) is 1.87. The molecule has 0 saturated carbocycles. The van der Waals surface area contributed by atoms with Gasteiger partial charge in [0.1, 0.15) is 0 Å². The molecule has 0 bridgehead atoms. The smallest absolute Gasteiger partial charge is 0.308 e. The van der Waals surface area contributed by atoms with Crippen molar-refractivity contribution in [1.29, 1.82) is 0 Å². The monoisotopic (exact) mass is 442 g/mol. The number of hydrogen-bond donors (Lipinski definition) is 0. The van der Waals surface area contributed by atoms with Crippen LogP contribution in [0.4, 0.5) is 0 Å². The minimum Gasteiger partial charge on any atom is -0.423 e. The Bertz CT molecular complexity index is 928. The summed E-state index contributed by atoms with van der Waals surface area (Å²) in [6.45, 7) is 5.11. The summed E-state index contributed by atoms with van der Waals surface area (Å²) >= 11 is 0. The lowest BCUT2D eigenvalue weighted by Crippen LogP contribution is -2.07. The van der Waals surface area contributed by atoms with Crippen LogP contribution >= 0.6 is 0 Å². The fourth-order valence-electron chi connectivity index (χ4n) is 3.02. The second-order valence-corrected chi connectivity index (χ2v) is 7.14. The van der Waals surface area contributed by atoms with Crippen LogP contribution in [0.15, 0.2) is 36.4 Å². The zero-order valence-corrected chi connectivity index (χ0v) is 18.6. The van der Waals surface area contributed by atoms with Crippen molar-refractivity contribution in [3.8, 4) is 23.0 Å². The highest BCUT2D eigenvalue weighted by Crippen LogP contribution is 2.31. The van der Waals surface area contributed by atoms with E-state index in [0.29, 0.717) is 0 Å². The largest absolute Gasteiger partial charge is 0.423 e. The number of esters is 4. The van der Waals surface area contributed by atoms with Crippen LogP contribution in [0.25, 0.3) is 0 Å². The SMILES string of the molecule is CC(=O)Oc1ccc(CCCCc2ccc(OC(C)=O)c(OC(C)=O)c2)cc1OC(C)=O. The first-order valence-electron chi connectivity index (χ1n) is 10.1. The summed E-state index contributed by atoms with van der Waals surface area (Å²) in [7, 11) is 0. The Hall–Kier alpha value is -3.68. The van der Waals surface area contributed by atoms with Crippen LogP contribution in [0.1, 0.15) is 51.7 Å². The second kappa shape index (κ2) is 11.6. The Kier molecular flexibility index (Phi) is 8.95. The van der Waals surface area contributed by atoms with Gasteiger partial charge in [-0.3, -0.25) is 19.2 Å². The molecule has 8 nitrogen and oxygen atoms in total. The molecule has 2 aromatic rings. The molecule has 0 unspecified atom stereocenters. The lowest BCUT2D eigenvalue weighted by Gasteiger charge is -2.11. The number of aryl methyl sites for hydroxylation is 2. The number of carbonyl (C=O) groups is 4. The van der Waals surface area contributed by atoms with E-state index >= 15 is 0 Å². The van der Waals surface area contributed by atoms with Crippen molar-refractivity contribution in [2.75, 3.05) is 0 Å². The number of hydrogen-bond acceptors (Lipinski definition) is 8.